The van der Waals surface area contributed by atoms with E-state index in [0.717, 1.165) is 4.90 Å². The first-order valence-electron chi connectivity index (χ1n) is 29.0. The highest BCUT2D eigenvalue weighted by Gasteiger charge is 2.47. The van der Waals surface area contributed by atoms with E-state index in [1.165, 1.54) is 27.2 Å². The number of likely N-dealkylation sites (tertiary alicyclic amines) is 4. The van der Waals surface area contributed by atoms with E-state index in [9.17, 15) is 62.6 Å². The Bertz CT molecular complexity index is 2550. The number of aliphatic imine (C=N–C) groups is 1. The lowest BCUT2D eigenvalue weighted by molar-refractivity contribution is -0.150. The summed E-state index contributed by atoms with van der Waals surface area (Å²) in [5.41, 5.74) is 33.8. The summed E-state index contributed by atoms with van der Waals surface area (Å²) < 4.78 is 0. The third-order valence-electron chi connectivity index (χ3n) is 15.9. The normalized spacial score (nSPS) is 21.0. The van der Waals surface area contributed by atoms with Crippen molar-refractivity contribution in [2.45, 2.75) is 190 Å². The number of carboxylic acids is 1. The number of H-pyrrole nitrogens is 1. The van der Waals surface area contributed by atoms with Crippen LogP contribution in [0.3, 0.4) is 0 Å². The van der Waals surface area contributed by atoms with Gasteiger partial charge in [-0.25, -0.2) is 9.78 Å². The molecule has 466 valence electrons. The molecule has 0 saturated carbocycles. The predicted molar refractivity (Wildman–Crippen MR) is 301 cm³/mol. The lowest BCUT2D eigenvalue weighted by Gasteiger charge is -2.35. The molecule has 4 fully saturated rings. The highest BCUT2D eigenvalue weighted by Crippen LogP contribution is 2.28. The fourth-order valence-electron chi connectivity index (χ4n) is 11.2. The molecule has 11 amide bonds. The number of unbranched alkanes of at least 4 members (excludes halogenated alkanes) is 1. The Kier molecular flexibility index (Phi) is 25.6. The number of aromatic nitrogens is 2. The Balaban J connectivity index is 1.33. The Labute approximate surface area is 487 Å². The maximum absolute atomic E-state index is 14.8. The number of carbonyl (C=O) groups excluding carboxylic acids is 11. The number of hydrogen-bond donors (Lipinski definition) is 13. The van der Waals surface area contributed by atoms with Crippen molar-refractivity contribution in [3.8, 4) is 0 Å². The first kappa shape index (κ1) is 66.8. The number of guanidine groups is 1. The van der Waals surface area contributed by atoms with Crippen LogP contribution in [0.5, 0.6) is 0 Å². The molecular formula is C53H86N18O13. The molecule has 5 rings (SSSR count). The number of nitrogens with zero attached hydrogens (tertiary/aromatic N) is 6. The summed E-state index contributed by atoms with van der Waals surface area (Å²) in [6.45, 7) is 4.41. The van der Waals surface area contributed by atoms with Crippen LogP contribution >= 0.6 is 0 Å². The van der Waals surface area contributed by atoms with Gasteiger partial charge in [-0.05, 0) is 102 Å². The fourth-order valence-corrected chi connectivity index (χ4v) is 11.2. The van der Waals surface area contributed by atoms with Crippen molar-refractivity contribution in [1.29, 1.82) is 0 Å². The average Bonchev–Trinajstić information content (AvgIpc) is 3.38. The first-order chi connectivity index (χ1) is 40.0. The molecular weight excluding hydrogens is 1100 g/mol. The van der Waals surface area contributed by atoms with Crippen LogP contribution in [0.2, 0.25) is 0 Å². The zero-order valence-corrected chi connectivity index (χ0v) is 48.0. The van der Waals surface area contributed by atoms with E-state index in [-0.39, 0.29) is 103 Å². The summed E-state index contributed by atoms with van der Waals surface area (Å²) in [4.78, 5) is 179. The van der Waals surface area contributed by atoms with E-state index in [2.05, 4.69) is 41.5 Å². The zero-order valence-electron chi connectivity index (χ0n) is 48.0. The zero-order chi connectivity index (χ0) is 61.8. The summed E-state index contributed by atoms with van der Waals surface area (Å²) in [7, 11) is 0. The number of aliphatic carboxylic acids is 1. The van der Waals surface area contributed by atoms with Crippen LogP contribution in [0.25, 0.3) is 0 Å². The van der Waals surface area contributed by atoms with Gasteiger partial charge in [0.2, 0.25) is 65.0 Å². The highest BCUT2D eigenvalue weighted by atomic mass is 16.4. The van der Waals surface area contributed by atoms with Gasteiger partial charge in [-0.3, -0.25) is 57.7 Å². The number of amides is 11. The van der Waals surface area contributed by atoms with Gasteiger partial charge in [0.25, 0.3) is 0 Å². The number of primary amides is 2. The van der Waals surface area contributed by atoms with Crippen LogP contribution in [0.4, 0.5) is 0 Å². The Morgan fingerprint density at radius 3 is 1.71 bits per heavy atom. The first-order valence-corrected chi connectivity index (χ1v) is 29.0. The monoisotopic (exact) mass is 1180 g/mol. The van der Waals surface area contributed by atoms with Gasteiger partial charge < -0.3 is 90.7 Å². The van der Waals surface area contributed by atoms with Crippen LogP contribution in [0.1, 0.15) is 129 Å². The number of imidazole rings is 1. The van der Waals surface area contributed by atoms with E-state index < -0.39 is 144 Å². The van der Waals surface area contributed by atoms with Crippen molar-refractivity contribution < 1.29 is 62.6 Å². The third-order valence-corrected chi connectivity index (χ3v) is 15.9. The van der Waals surface area contributed by atoms with E-state index in [1.807, 2.05) is 6.92 Å². The molecule has 1 aromatic rings. The minimum atomic E-state index is -1.35. The third kappa shape index (κ3) is 18.5. The SMILES string of the molecule is CC[C@H](C)[C@H](NC(=O)[C@H](Cc1cnc[nH]1)NC(=O)[C@H](CCCCN)NC(=O)[C@@H](N)CC(N)=O)C(=O)N1CCC[C@H]1C(=O)N[C@@H](CCCN=C(N)N)C(=O)N1CCC[C@H]1C(=O)N1CCC[C@H]1C(=O)N[C@@H](CCC(N)=O)C(=O)N1CCC[C@H]1C(=O)O. The second-order valence-corrected chi connectivity index (χ2v) is 22.0. The average molecular weight is 1180 g/mol. The van der Waals surface area contributed by atoms with Gasteiger partial charge in [-0.1, -0.05) is 20.3 Å². The fraction of sp³-hybridized carbons (Fsp3) is 0.698. The van der Waals surface area contributed by atoms with Crippen molar-refractivity contribution in [3.63, 3.8) is 0 Å². The summed E-state index contributed by atoms with van der Waals surface area (Å²) >= 11 is 0. The molecule has 1 aromatic heterocycles. The minimum absolute atomic E-state index is 0.00136. The van der Waals surface area contributed by atoms with Crippen LogP contribution in [0.15, 0.2) is 17.5 Å². The molecule has 0 radical (unpaired) electrons. The lowest BCUT2D eigenvalue weighted by atomic mass is 9.96. The number of hydrogen-bond acceptors (Lipinski definition) is 16. The predicted octanol–water partition coefficient (Wildman–Crippen LogP) is -4.88. The smallest absolute Gasteiger partial charge is 0.326 e. The van der Waals surface area contributed by atoms with Gasteiger partial charge in [-0.2, -0.15) is 0 Å². The molecule has 5 heterocycles. The number of nitrogens with two attached hydrogens (primary N) is 6. The van der Waals surface area contributed by atoms with Gasteiger partial charge >= 0.3 is 5.97 Å². The topological polar surface area (TPSA) is 495 Å². The van der Waals surface area contributed by atoms with Gasteiger partial charge in [0.15, 0.2) is 5.96 Å². The van der Waals surface area contributed by atoms with Gasteiger partial charge in [0, 0.05) is 57.5 Å². The van der Waals surface area contributed by atoms with E-state index >= 15 is 0 Å². The van der Waals surface area contributed by atoms with Crippen molar-refractivity contribution in [3.05, 3.63) is 18.2 Å². The Morgan fingerprint density at radius 1 is 0.643 bits per heavy atom. The lowest BCUT2D eigenvalue weighted by Crippen LogP contribution is -2.61. The molecule has 0 aliphatic carbocycles. The number of nitrogens with one attached hydrogen (secondary N) is 6. The second kappa shape index (κ2) is 32.2. The standard InChI is InChI=1S/C53H86N18O13/c1-3-29(2)42(67-45(76)35(25-30-27-60-28-62-30)66-44(75)32(11-4-5-19-54)63-43(74)31(55)26-41(57)73)51(82)69-22-8-14-37(69)47(78)64-33(12-6-20-61-53(58)59)48(79)70-23-9-15-38(70)50(81)68-21-7-13-36(68)46(77)65-34(17-18-40(56)72)49(80)71-24-10-16-39(71)52(83)84/h27-29,31-39,42H,3-26,54-55H2,1-2H3,(H2,56,72)(H2,57,73)(H,60,62)(H,63,74)(H,64,78)(H,65,77)(H,66,75)(H,67,76)(H,83,84)(H4,58,59,61)/t29-,31-,32-,33-,34-,35-,36-,37-,38-,39-,42-/m0/s1. The molecule has 0 bridgehead atoms. The maximum Gasteiger partial charge on any atom is 0.326 e. The van der Waals surface area contributed by atoms with Crippen molar-refractivity contribution in [1.82, 2.24) is 56.2 Å². The number of rotatable bonds is 32. The van der Waals surface area contributed by atoms with Crippen LogP contribution in [-0.2, 0) is 64.0 Å². The van der Waals surface area contributed by atoms with Crippen LogP contribution in [0, 0.1) is 5.92 Å². The van der Waals surface area contributed by atoms with E-state index in [4.69, 9.17) is 34.4 Å². The summed E-state index contributed by atoms with van der Waals surface area (Å²) in [5, 5.41) is 23.4. The quantitative estimate of drug-likeness (QED) is 0.0183. The Morgan fingerprint density at radius 2 is 1.17 bits per heavy atom. The summed E-state index contributed by atoms with van der Waals surface area (Å²) in [5.74, 6) is -9.69. The molecule has 11 atom stereocenters. The highest BCUT2D eigenvalue weighted by molar-refractivity contribution is 5.99. The van der Waals surface area contributed by atoms with Crippen molar-refractivity contribution in [2.75, 3.05) is 39.3 Å². The van der Waals surface area contributed by atoms with Crippen molar-refractivity contribution >= 4 is 76.9 Å². The molecule has 4 aliphatic rings. The summed E-state index contributed by atoms with van der Waals surface area (Å²) in [6.07, 6.45) is 5.69. The van der Waals surface area contributed by atoms with Crippen LogP contribution in [-0.4, -0.2) is 211 Å². The van der Waals surface area contributed by atoms with E-state index in [0.29, 0.717) is 57.2 Å². The molecule has 0 spiro atoms. The summed E-state index contributed by atoms with van der Waals surface area (Å²) in [6, 6.07) is -12.1. The molecule has 31 nitrogen and oxygen atoms in total. The van der Waals surface area contributed by atoms with Gasteiger partial charge in [-0.15, -0.1) is 0 Å². The number of carbonyl (C=O) groups is 12. The minimum Gasteiger partial charge on any atom is -0.480 e. The van der Waals surface area contributed by atoms with Gasteiger partial charge in [0.1, 0.15) is 54.4 Å². The molecule has 4 aliphatic heterocycles. The van der Waals surface area contributed by atoms with Gasteiger partial charge in [0.05, 0.1) is 18.8 Å². The molecule has 31 heteroatoms. The second-order valence-electron chi connectivity index (χ2n) is 22.0. The maximum atomic E-state index is 14.8. The Hall–Kier alpha value is -7.96. The molecule has 19 N–H and O–H groups in total. The number of aromatic amines is 1. The number of carboxylic acid groups (broad SMARTS) is 1. The largest absolute Gasteiger partial charge is 0.480 e. The molecule has 0 unspecified atom stereocenters. The van der Waals surface area contributed by atoms with Crippen molar-refractivity contribution in [2.24, 2.45) is 45.3 Å². The van der Waals surface area contributed by atoms with Crippen LogP contribution < -0.4 is 61.0 Å². The van der Waals surface area contributed by atoms with E-state index in [1.54, 1.807) is 6.92 Å². The molecule has 0 aromatic carbocycles. The molecule has 4 saturated heterocycles. The molecule has 84 heavy (non-hydrogen) atoms.